The molecule has 2 heterocycles. The largest absolute Gasteiger partial charge is 0.394 e. The molecule has 3 aromatic rings. The molecule has 2 aliphatic heterocycles. The van der Waals surface area contributed by atoms with Crippen molar-refractivity contribution in [2.75, 3.05) is 25.1 Å². The summed E-state index contributed by atoms with van der Waals surface area (Å²) in [6.45, 7) is 2.18. The molecule has 0 amide bonds. The van der Waals surface area contributed by atoms with E-state index in [9.17, 15) is 17.9 Å². The Morgan fingerprint density at radius 1 is 1.06 bits per heavy atom. The van der Waals surface area contributed by atoms with Gasteiger partial charge in [0.25, 0.3) is 0 Å². The average molecular weight is 467 g/mol. The Labute approximate surface area is 194 Å². The molecule has 3 atom stereocenters. The zero-order valence-corrected chi connectivity index (χ0v) is 19.5. The lowest BCUT2D eigenvalue weighted by atomic mass is 9.81. The molecule has 0 aromatic heterocycles. The Bertz CT molecular complexity index is 1310. The van der Waals surface area contributed by atoms with Gasteiger partial charge in [-0.3, -0.25) is 0 Å². The smallest absolute Gasteiger partial charge is 0.243 e. The number of halogens is 1. The van der Waals surface area contributed by atoms with Crippen LogP contribution in [0, 0.1) is 18.7 Å². The Balaban J connectivity index is 1.67. The molecule has 5 nitrogen and oxygen atoms in total. The molecule has 0 unspecified atom stereocenters. The molecule has 33 heavy (non-hydrogen) atoms. The van der Waals surface area contributed by atoms with Crippen molar-refractivity contribution in [3.05, 3.63) is 83.7 Å². The van der Waals surface area contributed by atoms with Crippen LogP contribution in [0.1, 0.15) is 23.6 Å². The van der Waals surface area contributed by atoms with E-state index in [2.05, 4.69) is 0 Å². The maximum atomic E-state index is 14.5. The first-order valence-corrected chi connectivity index (χ1v) is 12.6. The van der Waals surface area contributed by atoms with Crippen LogP contribution in [0.3, 0.4) is 0 Å². The van der Waals surface area contributed by atoms with Crippen molar-refractivity contribution in [1.29, 1.82) is 0 Å². The molecule has 0 spiro atoms. The molecule has 0 aliphatic carbocycles. The number of hydrogen-bond acceptors (Lipinski definition) is 4. The van der Waals surface area contributed by atoms with Crippen molar-refractivity contribution < 1.29 is 17.9 Å². The Morgan fingerprint density at radius 2 is 1.85 bits per heavy atom. The summed E-state index contributed by atoms with van der Waals surface area (Å²) in [6.07, 6.45) is 0.647. The molecule has 0 radical (unpaired) electrons. The topological polar surface area (TPSA) is 60.9 Å². The first-order valence-electron chi connectivity index (χ1n) is 11.1. The number of aliphatic hydroxyl groups excluding tert-OH is 1. The quantitative estimate of drug-likeness (QED) is 0.621. The van der Waals surface area contributed by atoms with Gasteiger partial charge in [0.2, 0.25) is 10.0 Å². The Hall–Kier alpha value is -2.74. The summed E-state index contributed by atoms with van der Waals surface area (Å²) in [6, 6.07) is 18.6. The minimum Gasteiger partial charge on any atom is -0.394 e. The van der Waals surface area contributed by atoms with Crippen molar-refractivity contribution in [1.82, 2.24) is 4.31 Å². The van der Waals surface area contributed by atoms with Crippen LogP contribution in [0.4, 0.5) is 10.1 Å². The molecule has 0 saturated carbocycles. The van der Waals surface area contributed by atoms with Gasteiger partial charge in [0.1, 0.15) is 5.82 Å². The van der Waals surface area contributed by atoms with Gasteiger partial charge in [0.15, 0.2) is 0 Å². The van der Waals surface area contributed by atoms with Crippen LogP contribution in [0.5, 0.6) is 0 Å². The van der Waals surface area contributed by atoms with Gasteiger partial charge in [0, 0.05) is 30.8 Å². The number of hydrogen-bond donors (Lipinski definition) is 1. The van der Waals surface area contributed by atoms with Crippen LogP contribution in [-0.2, 0) is 10.0 Å². The lowest BCUT2D eigenvalue weighted by Crippen LogP contribution is -2.48. The predicted molar refractivity (Wildman–Crippen MR) is 127 cm³/mol. The van der Waals surface area contributed by atoms with E-state index in [1.165, 1.54) is 6.07 Å². The molecule has 0 bridgehead atoms. The van der Waals surface area contributed by atoms with E-state index in [-0.39, 0.29) is 29.3 Å². The average Bonchev–Trinajstić information content (AvgIpc) is 3.25. The summed E-state index contributed by atoms with van der Waals surface area (Å²) in [7, 11) is -1.82. The summed E-state index contributed by atoms with van der Waals surface area (Å²) in [5, 5.41) is 10.2. The number of benzene rings is 3. The van der Waals surface area contributed by atoms with Crippen LogP contribution >= 0.6 is 0 Å². The van der Waals surface area contributed by atoms with Crippen molar-refractivity contribution >= 4 is 15.7 Å². The van der Waals surface area contributed by atoms with Gasteiger partial charge < -0.3 is 10.0 Å². The van der Waals surface area contributed by atoms with Crippen molar-refractivity contribution in [2.24, 2.45) is 5.92 Å². The SMILES string of the molecule is Cc1cccc(S(=O)(=O)N2CC[C@@H]3[C@H]2c2cc(-c4ccccc4F)ccc2N(C)[C@H]3CO)c1. The second-order valence-corrected chi connectivity index (χ2v) is 10.8. The number of likely N-dealkylation sites (N-methyl/N-ethyl adjacent to an activating group) is 1. The van der Waals surface area contributed by atoms with Gasteiger partial charge in [-0.05, 0) is 60.4 Å². The van der Waals surface area contributed by atoms with Crippen LogP contribution in [0.15, 0.2) is 71.6 Å². The number of anilines is 1. The number of sulfonamides is 1. The van der Waals surface area contributed by atoms with E-state index in [1.54, 1.807) is 40.7 Å². The third-order valence-corrected chi connectivity index (χ3v) is 8.96. The molecule has 5 rings (SSSR count). The fraction of sp³-hybridized carbons (Fsp3) is 0.308. The van der Waals surface area contributed by atoms with E-state index in [0.717, 1.165) is 16.8 Å². The predicted octanol–water partition coefficient (Wildman–Crippen LogP) is 4.36. The van der Waals surface area contributed by atoms with E-state index < -0.39 is 16.1 Å². The summed E-state index contributed by atoms with van der Waals surface area (Å²) in [4.78, 5) is 2.30. The highest BCUT2D eigenvalue weighted by Crippen LogP contribution is 2.51. The molecule has 1 fully saturated rings. The summed E-state index contributed by atoms with van der Waals surface area (Å²) >= 11 is 0. The van der Waals surface area contributed by atoms with Crippen molar-refractivity contribution in [2.45, 2.75) is 30.3 Å². The Morgan fingerprint density at radius 3 is 2.58 bits per heavy atom. The molecule has 3 aromatic carbocycles. The number of aliphatic hydroxyl groups is 1. The highest BCUT2D eigenvalue weighted by molar-refractivity contribution is 7.89. The van der Waals surface area contributed by atoms with Crippen LogP contribution in [0.2, 0.25) is 0 Å². The fourth-order valence-corrected chi connectivity index (χ4v) is 7.23. The standard InChI is InChI=1S/C26H27FN2O3S/c1-17-6-5-7-19(14-17)33(31,32)29-13-12-21-25(16-30)28(2)24-11-10-18(15-22(24)26(21)29)20-8-3-4-9-23(20)27/h3-11,14-15,21,25-26,30H,12-13,16H2,1-2H3/t21-,25-,26-/m0/s1. The second-order valence-electron chi connectivity index (χ2n) is 8.94. The second kappa shape index (κ2) is 8.24. The molecule has 172 valence electrons. The lowest BCUT2D eigenvalue weighted by Gasteiger charge is -2.44. The van der Waals surface area contributed by atoms with E-state index in [1.807, 2.05) is 43.1 Å². The number of rotatable bonds is 4. The highest BCUT2D eigenvalue weighted by Gasteiger charge is 2.50. The van der Waals surface area contributed by atoms with E-state index in [4.69, 9.17) is 0 Å². The van der Waals surface area contributed by atoms with Crippen LogP contribution < -0.4 is 4.90 Å². The third kappa shape index (κ3) is 3.55. The van der Waals surface area contributed by atoms with Gasteiger partial charge in [0.05, 0.1) is 23.6 Å². The molecule has 7 heteroatoms. The monoisotopic (exact) mass is 466 g/mol. The van der Waals surface area contributed by atoms with Crippen LogP contribution in [0.25, 0.3) is 11.1 Å². The number of fused-ring (bicyclic) bond motifs is 3. The molecular formula is C26H27FN2O3S. The maximum absolute atomic E-state index is 14.5. The van der Waals surface area contributed by atoms with Gasteiger partial charge in [-0.15, -0.1) is 0 Å². The van der Waals surface area contributed by atoms with Gasteiger partial charge in [-0.25, -0.2) is 12.8 Å². The van der Waals surface area contributed by atoms with Gasteiger partial charge in [-0.2, -0.15) is 4.31 Å². The minimum absolute atomic E-state index is 0.0650. The summed E-state index contributed by atoms with van der Waals surface area (Å²) < 4.78 is 43.6. The lowest BCUT2D eigenvalue weighted by molar-refractivity contribution is 0.193. The zero-order valence-electron chi connectivity index (χ0n) is 18.6. The third-order valence-electron chi connectivity index (χ3n) is 7.08. The number of nitrogens with zero attached hydrogens (tertiary/aromatic N) is 2. The van der Waals surface area contributed by atoms with Crippen molar-refractivity contribution in [3.8, 4) is 11.1 Å². The van der Waals surface area contributed by atoms with Gasteiger partial charge >= 0.3 is 0 Å². The molecular weight excluding hydrogens is 439 g/mol. The molecule has 1 saturated heterocycles. The van der Waals surface area contributed by atoms with E-state index in [0.29, 0.717) is 24.1 Å². The minimum atomic E-state index is -3.75. The summed E-state index contributed by atoms with van der Waals surface area (Å²) in [5.41, 5.74) is 3.78. The maximum Gasteiger partial charge on any atom is 0.243 e. The fourth-order valence-electron chi connectivity index (χ4n) is 5.46. The van der Waals surface area contributed by atoms with Gasteiger partial charge in [-0.1, -0.05) is 36.4 Å². The molecule has 1 N–H and O–H groups in total. The normalized spacial score (nSPS) is 22.8. The Kier molecular flexibility index (Phi) is 5.51. The first-order chi connectivity index (χ1) is 15.8. The number of aryl methyl sites for hydroxylation is 1. The zero-order chi connectivity index (χ0) is 23.3. The highest BCUT2D eigenvalue weighted by atomic mass is 32.2. The van der Waals surface area contributed by atoms with Crippen molar-refractivity contribution in [3.63, 3.8) is 0 Å². The van der Waals surface area contributed by atoms with Crippen LogP contribution in [-0.4, -0.2) is 44.1 Å². The molecule has 2 aliphatic rings. The van der Waals surface area contributed by atoms with E-state index >= 15 is 0 Å². The first kappa shape index (κ1) is 22.1. The summed E-state index contributed by atoms with van der Waals surface area (Å²) in [5.74, 6) is -0.384.